The van der Waals surface area contributed by atoms with Gasteiger partial charge in [-0.1, -0.05) is 0 Å². The number of hydrogen-bond acceptors (Lipinski definition) is 2. The summed E-state index contributed by atoms with van der Waals surface area (Å²) < 4.78 is 0. The third kappa shape index (κ3) is 2.03. The summed E-state index contributed by atoms with van der Waals surface area (Å²) in [7, 11) is 0. The van der Waals surface area contributed by atoms with Crippen molar-refractivity contribution in [2.45, 2.75) is 88.1 Å². The van der Waals surface area contributed by atoms with E-state index in [2.05, 4.69) is 10.0 Å². The predicted molar refractivity (Wildman–Crippen MR) is 99.5 cm³/mol. The van der Waals surface area contributed by atoms with Crippen molar-refractivity contribution >= 4 is 5.96 Å². The Morgan fingerprint density at radius 3 is 1.16 bits per heavy atom. The van der Waals surface area contributed by atoms with Crippen molar-refractivity contribution < 1.29 is 0 Å². The van der Waals surface area contributed by atoms with E-state index >= 15 is 0 Å². The highest BCUT2D eigenvalue weighted by Gasteiger charge is 2.62. The van der Waals surface area contributed by atoms with Gasteiger partial charge in [0.05, 0.1) is 0 Å². The summed E-state index contributed by atoms with van der Waals surface area (Å²) in [6.45, 7) is 0. The molecule has 0 atom stereocenters. The van der Waals surface area contributed by atoms with Crippen LogP contribution >= 0.6 is 0 Å². The molecule has 0 unspecified atom stereocenters. The van der Waals surface area contributed by atoms with Gasteiger partial charge in [-0.25, -0.2) is 0 Å². The van der Waals surface area contributed by atoms with E-state index in [-0.39, 0.29) is 11.1 Å². The molecule has 0 spiro atoms. The Bertz CT molecular complexity index is 494. The zero-order chi connectivity index (χ0) is 16.8. The Balaban J connectivity index is 1.44. The van der Waals surface area contributed by atoms with Crippen LogP contribution in [0.4, 0.5) is 0 Å². The highest BCUT2D eigenvalue weighted by Crippen LogP contribution is 2.64. The maximum absolute atomic E-state index is 6.61. The first-order chi connectivity index (χ1) is 12.1. The van der Waals surface area contributed by atoms with Crippen molar-refractivity contribution in [3.8, 4) is 0 Å². The highest BCUT2D eigenvalue weighted by molar-refractivity contribution is 5.80. The summed E-state index contributed by atoms with van der Waals surface area (Å²) in [6.07, 6.45) is 17.0. The van der Waals surface area contributed by atoms with E-state index in [9.17, 15) is 0 Å². The van der Waals surface area contributed by atoms with Gasteiger partial charge in [0.15, 0.2) is 0 Å². The minimum Gasteiger partial charge on any atom is -0.368 e. The van der Waals surface area contributed by atoms with Gasteiger partial charge in [0.2, 0.25) is 5.96 Å². The molecule has 0 heterocycles. The second-order valence-corrected chi connectivity index (χ2v) is 11.1. The van der Waals surface area contributed by atoms with Gasteiger partial charge >= 0.3 is 0 Å². The molecule has 8 bridgehead atoms. The fraction of sp³-hybridized carbons (Fsp3) is 0.952. The lowest BCUT2D eigenvalue weighted by atomic mass is 9.48. The normalized spacial score (nSPS) is 55.8. The standard InChI is InChI=1S/C21H34N4/c22-19(24-23)25(20-7-13-1-14(8-20)3-15(2-13)9-20)21-10-16-4-17(11-21)6-18(5-16)12-21/h13-18H,1-12,23H2,(H2,22,24). The largest absolute Gasteiger partial charge is 0.368 e. The van der Waals surface area contributed by atoms with Gasteiger partial charge in [-0.15, -0.1) is 5.10 Å². The molecule has 0 aromatic rings. The smallest absolute Gasteiger partial charge is 0.214 e. The van der Waals surface area contributed by atoms with Crippen LogP contribution in [0.3, 0.4) is 0 Å². The van der Waals surface area contributed by atoms with Gasteiger partial charge in [-0.3, -0.25) is 0 Å². The van der Waals surface area contributed by atoms with Crippen molar-refractivity contribution in [2.24, 2.45) is 52.2 Å². The number of nitrogens with zero attached hydrogens (tertiary/aromatic N) is 2. The first kappa shape index (κ1) is 15.2. The van der Waals surface area contributed by atoms with Crippen molar-refractivity contribution in [1.29, 1.82) is 0 Å². The van der Waals surface area contributed by atoms with Gasteiger partial charge in [-0.2, -0.15) is 0 Å². The van der Waals surface area contributed by atoms with E-state index in [4.69, 9.17) is 11.6 Å². The maximum atomic E-state index is 6.61. The SMILES string of the molecule is NN=C(N)N(C12CC3CC(CC(C3)C1)C2)C12CC3CC(CC(C3)C1)C2. The first-order valence-electron chi connectivity index (χ1n) is 10.9. The monoisotopic (exact) mass is 342 g/mol. The molecule has 0 aliphatic heterocycles. The lowest BCUT2D eigenvalue weighted by Crippen LogP contribution is -2.73. The molecular weight excluding hydrogens is 308 g/mol. The number of rotatable bonds is 2. The molecule has 0 aromatic carbocycles. The van der Waals surface area contributed by atoms with E-state index in [1.165, 1.54) is 77.0 Å². The molecule has 0 saturated heterocycles. The Morgan fingerprint density at radius 2 is 0.920 bits per heavy atom. The lowest BCUT2D eigenvalue weighted by Gasteiger charge is -2.69. The van der Waals surface area contributed by atoms with Crippen molar-refractivity contribution in [1.82, 2.24) is 4.90 Å². The third-order valence-corrected chi connectivity index (χ3v) is 9.32. The van der Waals surface area contributed by atoms with Crippen LogP contribution < -0.4 is 11.6 Å². The van der Waals surface area contributed by atoms with Gasteiger partial charge in [-0.05, 0) is 113 Å². The third-order valence-electron chi connectivity index (χ3n) is 9.32. The Morgan fingerprint density at radius 1 is 0.640 bits per heavy atom. The van der Waals surface area contributed by atoms with Crippen LogP contribution in [-0.2, 0) is 0 Å². The Kier molecular flexibility index (Phi) is 2.95. The second kappa shape index (κ2) is 4.86. The summed E-state index contributed by atoms with van der Waals surface area (Å²) in [4.78, 5) is 2.70. The van der Waals surface area contributed by atoms with E-state index in [1.54, 1.807) is 0 Å². The minimum atomic E-state index is 0.285. The summed E-state index contributed by atoms with van der Waals surface area (Å²) in [6, 6.07) is 0. The van der Waals surface area contributed by atoms with Crippen molar-refractivity contribution in [2.75, 3.05) is 0 Å². The van der Waals surface area contributed by atoms with Crippen LogP contribution in [0.15, 0.2) is 5.10 Å². The highest BCUT2D eigenvalue weighted by atomic mass is 15.4. The zero-order valence-corrected chi connectivity index (χ0v) is 15.5. The molecule has 0 amide bonds. The van der Waals surface area contributed by atoms with E-state index in [0.29, 0.717) is 5.96 Å². The summed E-state index contributed by atoms with van der Waals surface area (Å²) in [5.41, 5.74) is 7.18. The summed E-state index contributed by atoms with van der Waals surface area (Å²) in [5, 5.41) is 4.12. The van der Waals surface area contributed by atoms with Crippen LogP contribution in [0.5, 0.6) is 0 Å². The molecule has 8 aliphatic carbocycles. The average molecular weight is 343 g/mol. The quantitative estimate of drug-likeness (QED) is 0.350. The van der Waals surface area contributed by atoms with Crippen LogP contribution in [0, 0.1) is 35.5 Å². The molecule has 0 aromatic heterocycles. The molecule has 8 rings (SSSR count). The Labute approximate surface area is 151 Å². The second-order valence-electron chi connectivity index (χ2n) is 11.1. The first-order valence-corrected chi connectivity index (χ1v) is 10.9. The van der Waals surface area contributed by atoms with E-state index in [0.717, 1.165) is 35.5 Å². The van der Waals surface area contributed by atoms with Crippen molar-refractivity contribution in [3.05, 3.63) is 0 Å². The predicted octanol–water partition coefficient (Wildman–Crippen LogP) is 3.41. The minimum absolute atomic E-state index is 0.285. The molecule has 25 heavy (non-hydrogen) atoms. The fourth-order valence-electron chi connectivity index (χ4n) is 9.72. The van der Waals surface area contributed by atoms with E-state index in [1.807, 2.05) is 0 Å². The lowest BCUT2D eigenvalue weighted by molar-refractivity contribution is -0.146. The molecule has 138 valence electrons. The molecular formula is C21H34N4. The van der Waals surface area contributed by atoms with Crippen LogP contribution in [0.2, 0.25) is 0 Å². The van der Waals surface area contributed by atoms with Gasteiger partial charge in [0.25, 0.3) is 0 Å². The van der Waals surface area contributed by atoms with Crippen LogP contribution in [-0.4, -0.2) is 21.9 Å². The van der Waals surface area contributed by atoms with Crippen LogP contribution in [0.1, 0.15) is 77.0 Å². The van der Waals surface area contributed by atoms with E-state index < -0.39 is 0 Å². The van der Waals surface area contributed by atoms with Gasteiger partial charge in [0.1, 0.15) is 0 Å². The average Bonchev–Trinajstić information content (AvgIpc) is 2.51. The number of guanidine groups is 1. The summed E-state index contributed by atoms with van der Waals surface area (Å²) in [5.74, 6) is 12.1. The molecule has 0 radical (unpaired) electrons. The van der Waals surface area contributed by atoms with Gasteiger partial charge < -0.3 is 16.5 Å². The topological polar surface area (TPSA) is 67.6 Å². The molecule has 4 nitrogen and oxygen atoms in total. The number of hydrazone groups is 1. The molecule has 8 saturated carbocycles. The van der Waals surface area contributed by atoms with Crippen molar-refractivity contribution in [3.63, 3.8) is 0 Å². The van der Waals surface area contributed by atoms with Gasteiger partial charge in [0, 0.05) is 11.1 Å². The molecule has 8 aliphatic rings. The number of nitrogens with two attached hydrogens (primary N) is 2. The molecule has 4 N–H and O–H groups in total. The maximum Gasteiger partial charge on any atom is 0.214 e. The molecule has 4 heteroatoms. The summed E-state index contributed by atoms with van der Waals surface area (Å²) >= 11 is 0. The fourth-order valence-corrected chi connectivity index (χ4v) is 9.72. The Hall–Kier alpha value is -0.930. The molecule has 8 fully saturated rings. The van der Waals surface area contributed by atoms with Crippen LogP contribution in [0.25, 0.3) is 0 Å². The number of hydrogen-bond donors (Lipinski definition) is 2. The zero-order valence-electron chi connectivity index (χ0n) is 15.5.